The normalized spacial score (nSPS) is 10.7. The monoisotopic (exact) mass is 202 g/mol. The highest BCUT2D eigenvalue weighted by molar-refractivity contribution is 5.77. The summed E-state index contributed by atoms with van der Waals surface area (Å²) in [7, 11) is 0. The van der Waals surface area contributed by atoms with Gasteiger partial charge in [-0.1, -0.05) is 0 Å². The lowest BCUT2D eigenvalue weighted by Crippen LogP contribution is -2.05. The minimum Gasteiger partial charge on any atom is -0.292 e. The van der Waals surface area contributed by atoms with Crippen LogP contribution in [0.2, 0.25) is 0 Å². The van der Waals surface area contributed by atoms with Crippen LogP contribution in [0.15, 0.2) is 35.5 Å². The van der Waals surface area contributed by atoms with Gasteiger partial charge in [-0.05, 0) is 28.5 Å². The first-order valence-corrected chi connectivity index (χ1v) is 4.26. The molecule has 0 saturated heterocycles. The number of hydrogen-bond donors (Lipinski definition) is 1. The molecule has 0 unspecified atom stereocenters. The molecule has 1 aromatic carbocycles. The fourth-order valence-electron chi connectivity index (χ4n) is 1.26. The third kappa shape index (κ3) is 1.39. The van der Waals surface area contributed by atoms with Crippen LogP contribution in [0.25, 0.3) is 11.0 Å². The lowest BCUT2D eigenvalue weighted by atomic mass is 10.3. The summed E-state index contributed by atoms with van der Waals surface area (Å²) >= 11 is 0. The molecule has 2 aromatic heterocycles. The van der Waals surface area contributed by atoms with Gasteiger partial charge in [0, 0.05) is 0 Å². The van der Waals surface area contributed by atoms with E-state index in [2.05, 4.69) is 30.6 Å². The molecule has 0 aliphatic carbocycles. The zero-order valence-electron chi connectivity index (χ0n) is 7.53. The van der Waals surface area contributed by atoms with Gasteiger partial charge in [0.05, 0.1) is 5.69 Å². The molecule has 0 bridgehead atoms. The van der Waals surface area contributed by atoms with Gasteiger partial charge in [0.1, 0.15) is 23.7 Å². The fourth-order valence-corrected chi connectivity index (χ4v) is 1.26. The van der Waals surface area contributed by atoms with Crippen LogP contribution in [0.3, 0.4) is 0 Å². The van der Waals surface area contributed by atoms with Crippen molar-refractivity contribution >= 4 is 16.7 Å². The summed E-state index contributed by atoms with van der Waals surface area (Å²) in [5.74, 6) is 0. The molecule has 74 valence electrons. The van der Waals surface area contributed by atoms with E-state index in [0.29, 0.717) is 5.52 Å². The molecule has 0 spiro atoms. The highest BCUT2D eigenvalue weighted by atomic mass is 16.6. The Balaban J connectivity index is 1.97. The van der Waals surface area contributed by atoms with Crippen LogP contribution in [-0.4, -0.2) is 25.2 Å². The maximum Gasteiger partial charge on any atom is 0.139 e. The number of fused-ring (bicyclic) bond motifs is 1. The van der Waals surface area contributed by atoms with Gasteiger partial charge in [0.25, 0.3) is 0 Å². The van der Waals surface area contributed by atoms with Gasteiger partial charge in [0.15, 0.2) is 0 Å². The Labute approximate surface area is 83.7 Å². The second kappa shape index (κ2) is 3.05. The molecule has 7 heteroatoms. The summed E-state index contributed by atoms with van der Waals surface area (Å²) in [6.07, 6.45) is 3.12. The van der Waals surface area contributed by atoms with E-state index in [1.165, 1.54) is 0 Å². The molecule has 2 heterocycles. The van der Waals surface area contributed by atoms with Crippen molar-refractivity contribution in [1.82, 2.24) is 25.2 Å². The minimum absolute atomic E-state index is 0.702. The molecule has 0 saturated carbocycles. The average Bonchev–Trinajstić information content (AvgIpc) is 2.87. The predicted molar refractivity (Wildman–Crippen MR) is 50.8 cm³/mol. The standard InChI is InChI=1S/C8H6N6O/c1-2-7-8(13-15-12-7)3-6(1)11-14-4-9-10-5-14/h1-5,11H. The van der Waals surface area contributed by atoms with E-state index in [4.69, 9.17) is 0 Å². The van der Waals surface area contributed by atoms with Crippen molar-refractivity contribution < 1.29 is 4.63 Å². The van der Waals surface area contributed by atoms with E-state index in [-0.39, 0.29) is 0 Å². The first-order chi connectivity index (χ1) is 7.42. The molecule has 1 N–H and O–H groups in total. The highest BCUT2D eigenvalue weighted by Crippen LogP contribution is 2.15. The maximum absolute atomic E-state index is 4.60. The van der Waals surface area contributed by atoms with Gasteiger partial charge < -0.3 is 0 Å². The number of anilines is 1. The van der Waals surface area contributed by atoms with Crippen molar-refractivity contribution in [3.63, 3.8) is 0 Å². The molecule has 0 aliphatic heterocycles. The van der Waals surface area contributed by atoms with Crippen LogP contribution in [-0.2, 0) is 0 Å². The van der Waals surface area contributed by atoms with Crippen molar-refractivity contribution in [3.05, 3.63) is 30.9 Å². The summed E-state index contributed by atoms with van der Waals surface area (Å²) in [5.41, 5.74) is 5.34. The Kier molecular flexibility index (Phi) is 1.61. The van der Waals surface area contributed by atoms with E-state index in [9.17, 15) is 0 Å². The van der Waals surface area contributed by atoms with Crippen LogP contribution < -0.4 is 5.43 Å². The Morgan fingerprint density at radius 1 is 1.07 bits per heavy atom. The molecule has 0 fully saturated rings. The van der Waals surface area contributed by atoms with Gasteiger partial charge >= 0.3 is 0 Å². The second-order valence-corrected chi connectivity index (χ2v) is 2.95. The van der Waals surface area contributed by atoms with Crippen LogP contribution in [0.1, 0.15) is 0 Å². The predicted octanol–water partition coefficient (Wildman–Crippen LogP) is 0.689. The molecule has 0 aliphatic rings. The van der Waals surface area contributed by atoms with Crippen molar-refractivity contribution in [1.29, 1.82) is 0 Å². The molecule has 0 atom stereocenters. The SMILES string of the molecule is c1cc2nonc2cc1Nn1cnnc1. The molecular weight excluding hydrogens is 196 g/mol. The molecule has 0 amide bonds. The van der Waals surface area contributed by atoms with Crippen LogP contribution in [0.5, 0.6) is 0 Å². The zero-order chi connectivity index (χ0) is 10.1. The molecule has 0 radical (unpaired) electrons. The average molecular weight is 202 g/mol. The number of aromatic nitrogens is 5. The molecular formula is C8H6N6O. The van der Waals surface area contributed by atoms with Crippen molar-refractivity contribution in [2.75, 3.05) is 5.43 Å². The van der Waals surface area contributed by atoms with Gasteiger partial charge in [-0.3, -0.25) is 5.43 Å². The number of nitrogens with zero attached hydrogens (tertiary/aromatic N) is 5. The topological polar surface area (TPSA) is 81.7 Å². The summed E-state index contributed by atoms with van der Waals surface area (Å²) in [4.78, 5) is 0. The number of nitrogens with one attached hydrogen (secondary N) is 1. The van der Waals surface area contributed by atoms with Crippen LogP contribution in [0, 0.1) is 0 Å². The first kappa shape index (κ1) is 7.92. The van der Waals surface area contributed by atoms with Gasteiger partial charge in [-0.25, -0.2) is 9.31 Å². The Morgan fingerprint density at radius 2 is 1.87 bits per heavy atom. The van der Waals surface area contributed by atoms with Gasteiger partial charge in [0.2, 0.25) is 0 Å². The van der Waals surface area contributed by atoms with Crippen LogP contribution in [0.4, 0.5) is 5.69 Å². The lowest BCUT2D eigenvalue weighted by molar-refractivity contribution is 0.315. The van der Waals surface area contributed by atoms with Gasteiger partial charge in [-0.2, -0.15) is 0 Å². The maximum atomic E-state index is 4.60. The molecule has 7 nitrogen and oxygen atoms in total. The van der Waals surface area contributed by atoms with Gasteiger partial charge in [-0.15, -0.1) is 10.2 Å². The third-order valence-corrected chi connectivity index (χ3v) is 1.93. The number of benzene rings is 1. The first-order valence-electron chi connectivity index (χ1n) is 4.26. The Hall–Kier alpha value is -2.44. The third-order valence-electron chi connectivity index (χ3n) is 1.93. The van der Waals surface area contributed by atoms with E-state index in [0.717, 1.165) is 11.2 Å². The molecule has 3 aromatic rings. The lowest BCUT2D eigenvalue weighted by Gasteiger charge is -2.04. The Morgan fingerprint density at radius 3 is 2.73 bits per heavy atom. The summed E-state index contributed by atoms with van der Waals surface area (Å²) < 4.78 is 6.23. The Bertz CT molecular complexity index is 572. The quantitative estimate of drug-likeness (QED) is 0.658. The van der Waals surface area contributed by atoms with E-state index in [1.54, 1.807) is 17.3 Å². The number of rotatable bonds is 2. The summed E-state index contributed by atoms with van der Waals surface area (Å²) in [6.45, 7) is 0. The molecule has 15 heavy (non-hydrogen) atoms. The van der Waals surface area contributed by atoms with E-state index < -0.39 is 0 Å². The van der Waals surface area contributed by atoms with Crippen LogP contribution >= 0.6 is 0 Å². The fraction of sp³-hybridized carbons (Fsp3) is 0. The smallest absolute Gasteiger partial charge is 0.139 e. The van der Waals surface area contributed by atoms with E-state index >= 15 is 0 Å². The summed E-state index contributed by atoms with van der Waals surface area (Å²) in [5, 5.41) is 14.8. The highest BCUT2D eigenvalue weighted by Gasteiger charge is 2.01. The largest absolute Gasteiger partial charge is 0.292 e. The van der Waals surface area contributed by atoms with Crippen molar-refractivity contribution in [2.45, 2.75) is 0 Å². The van der Waals surface area contributed by atoms with E-state index in [1.807, 2.05) is 18.2 Å². The molecule has 3 rings (SSSR count). The van der Waals surface area contributed by atoms with Crippen molar-refractivity contribution in [3.8, 4) is 0 Å². The second-order valence-electron chi connectivity index (χ2n) is 2.95. The summed E-state index contributed by atoms with van der Waals surface area (Å²) in [6, 6.07) is 5.51. The minimum atomic E-state index is 0.702. The van der Waals surface area contributed by atoms with Crippen molar-refractivity contribution in [2.24, 2.45) is 0 Å². The number of hydrogen-bond acceptors (Lipinski definition) is 6. The zero-order valence-corrected chi connectivity index (χ0v) is 7.53.